The number of halogens is 7. The molecule has 1 amide bonds. The SMILES string of the molecule is O=C(COc1ccccc1F)Nc1cc(C(F)(F)F)cc(C(F)(F)F)c1. The van der Waals surface area contributed by atoms with Crippen LogP contribution in [0.3, 0.4) is 0 Å². The molecule has 0 saturated heterocycles. The summed E-state index contributed by atoms with van der Waals surface area (Å²) in [5, 5.41) is 1.87. The van der Waals surface area contributed by atoms with Gasteiger partial charge in [-0.15, -0.1) is 0 Å². The molecule has 10 heteroatoms. The average Bonchev–Trinajstić information content (AvgIpc) is 2.52. The highest BCUT2D eigenvalue weighted by molar-refractivity contribution is 5.92. The Bertz CT molecular complexity index is 768. The monoisotopic (exact) mass is 381 g/mol. The number of carbonyl (C=O) groups excluding carboxylic acids is 1. The van der Waals surface area contributed by atoms with Crippen molar-refractivity contribution in [2.45, 2.75) is 12.4 Å². The van der Waals surface area contributed by atoms with Crippen molar-refractivity contribution in [3.8, 4) is 5.75 Å². The first kappa shape index (κ1) is 19.5. The molecule has 0 atom stereocenters. The fraction of sp³-hybridized carbons (Fsp3) is 0.188. The normalized spacial score (nSPS) is 12.0. The van der Waals surface area contributed by atoms with Gasteiger partial charge in [0.15, 0.2) is 18.2 Å². The number of hydrogen-bond acceptors (Lipinski definition) is 2. The van der Waals surface area contributed by atoms with E-state index in [1.807, 2.05) is 5.32 Å². The summed E-state index contributed by atoms with van der Waals surface area (Å²) in [4.78, 5) is 11.7. The van der Waals surface area contributed by atoms with E-state index in [0.717, 1.165) is 6.07 Å². The van der Waals surface area contributed by atoms with E-state index >= 15 is 0 Å². The lowest BCUT2D eigenvalue weighted by molar-refractivity contribution is -0.143. The summed E-state index contributed by atoms with van der Waals surface area (Å²) in [6.45, 7) is -0.807. The Morgan fingerprint density at radius 3 is 1.96 bits per heavy atom. The number of para-hydroxylation sites is 1. The van der Waals surface area contributed by atoms with Crippen molar-refractivity contribution >= 4 is 11.6 Å². The summed E-state index contributed by atoms with van der Waals surface area (Å²) in [5.41, 5.74) is -3.86. The molecule has 0 unspecified atom stereocenters. The summed E-state index contributed by atoms with van der Waals surface area (Å²) in [6.07, 6.45) is -10.1. The predicted octanol–water partition coefficient (Wildman–Crippen LogP) is 4.88. The maximum absolute atomic E-state index is 13.3. The molecule has 140 valence electrons. The maximum atomic E-state index is 13.3. The Labute approximate surface area is 142 Å². The van der Waals surface area contributed by atoms with Crippen LogP contribution >= 0.6 is 0 Å². The maximum Gasteiger partial charge on any atom is 0.416 e. The number of nitrogens with one attached hydrogen (secondary N) is 1. The molecule has 0 aliphatic carbocycles. The summed E-state index contributed by atoms with van der Waals surface area (Å²) >= 11 is 0. The summed E-state index contributed by atoms with van der Waals surface area (Å²) < 4.78 is 94.6. The minimum Gasteiger partial charge on any atom is -0.481 e. The highest BCUT2D eigenvalue weighted by Crippen LogP contribution is 2.37. The summed E-state index contributed by atoms with van der Waals surface area (Å²) in [6, 6.07) is 5.69. The Kier molecular flexibility index (Phi) is 5.43. The first-order valence-electron chi connectivity index (χ1n) is 6.93. The van der Waals surface area contributed by atoms with Crippen LogP contribution in [0.2, 0.25) is 0 Å². The van der Waals surface area contributed by atoms with Gasteiger partial charge in [0.25, 0.3) is 5.91 Å². The second-order valence-corrected chi connectivity index (χ2v) is 5.06. The molecule has 0 radical (unpaired) electrons. The Balaban J connectivity index is 2.17. The largest absolute Gasteiger partial charge is 0.481 e. The zero-order valence-corrected chi connectivity index (χ0v) is 12.7. The number of anilines is 1. The Morgan fingerprint density at radius 1 is 0.923 bits per heavy atom. The second-order valence-electron chi connectivity index (χ2n) is 5.06. The Morgan fingerprint density at radius 2 is 1.46 bits per heavy atom. The van der Waals surface area contributed by atoms with Gasteiger partial charge in [-0.2, -0.15) is 26.3 Å². The standard InChI is InChI=1S/C16H10F7NO2/c17-12-3-1-2-4-13(12)26-8-14(25)24-11-6-9(15(18,19)20)5-10(7-11)16(21,22)23/h1-7H,8H2,(H,24,25). The van der Waals surface area contributed by atoms with Gasteiger partial charge in [0.1, 0.15) is 0 Å². The molecule has 1 N–H and O–H groups in total. The van der Waals surface area contributed by atoms with Crippen LogP contribution in [0, 0.1) is 5.82 Å². The molecular formula is C16H10F7NO2. The quantitative estimate of drug-likeness (QED) is 0.767. The van der Waals surface area contributed by atoms with Crippen molar-refractivity contribution in [3.63, 3.8) is 0 Å². The van der Waals surface area contributed by atoms with E-state index in [1.165, 1.54) is 18.2 Å². The third kappa shape index (κ3) is 5.11. The van der Waals surface area contributed by atoms with Gasteiger partial charge in [-0.05, 0) is 30.3 Å². The highest BCUT2D eigenvalue weighted by atomic mass is 19.4. The number of alkyl halides is 6. The molecular weight excluding hydrogens is 371 g/mol. The van der Waals surface area contributed by atoms with Crippen LogP contribution in [-0.2, 0) is 17.1 Å². The van der Waals surface area contributed by atoms with E-state index in [1.54, 1.807) is 0 Å². The van der Waals surface area contributed by atoms with Gasteiger partial charge >= 0.3 is 12.4 Å². The van der Waals surface area contributed by atoms with Crippen LogP contribution in [0.4, 0.5) is 36.4 Å². The zero-order valence-electron chi connectivity index (χ0n) is 12.7. The van der Waals surface area contributed by atoms with E-state index < -0.39 is 47.5 Å². The third-order valence-corrected chi connectivity index (χ3v) is 3.07. The third-order valence-electron chi connectivity index (χ3n) is 3.07. The number of ether oxygens (including phenoxy) is 1. The van der Waals surface area contributed by atoms with Crippen LogP contribution in [0.25, 0.3) is 0 Å². The number of rotatable bonds is 4. The van der Waals surface area contributed by atoms with Crippen molar-refractivity contribution in [1.29, 1.82) is 0 Å². The lowest BCUT2D eigenvalue weighted by atomic mass is 10.1. The predicted molar refractivity (Wildman–Crippen MR) is 77.0 cm³/mol. The van der Waals surface area contributed by atoms with E-state index in [4.69, 9.17) is 4.74 Å². The molecule has 0 aliphatic rings. The van der Waals surface area contributed by atoms with Gasteiger partial charge in [0, 0.05) is 5.69 Å². The van der Waals surface area contributed by atoms with Crippen molar-refractivity contribution in [2.24, 2.45) is 0 Å². The van der Waals surface area contributed by atoms with Gasteiger partial charge in [0.05, 0.1) is 11.1 Å². The lowest BCUT2D eigenvalue weighted by Gasteiger charge is -2.15. The van der Waals surface area contributed by atoms with Crippen molar-refractivity contribution in [1.82, 2.24) is 0 Å². The molecule has 0 aromatic heterocycles. The van der Waals surface area contributed by atoms with E-state index in [2.05, 4.69) is 0 Å². The minimum atomic E-state index is -5.04. The molecule has 0 spiro atoms. The average molecular weight is 381 g/mol. The molecule has 0 saturated carbocycles. The van der Waals surface area contributed by atoms with Crippen LogP contribution in [0.1, 0.15) is 11.1 Å². The fourth-order valence-electron chi connectivity index (χ4n) is 1.93. The van der Waals surface area contributed by atoms with E-state index in [9.17, 15) is 35.5 Å². The smallest absolute Gasteiger partial charge is 0.416 e. The number of hydrogen-bond donors (Lipinski definition) is 1. The van der Waals surface area contributed by atoms with Crippen molar-refractivity contribution in [3.05, 3.63) is 59.4 Å². The minimum absolute atomic E-state index is 0.0640. The summed E-state index contributed by atoms with van der Waals surface area (Å²) in [5.74, 6) is -2.12. The fourth-order valence-corrected chi connectivity index (χ4v) is 1.93. The van der Waals surface area contributed by atoms with Gasteiger partial charge < -0.3 is 10.1 Å². The van der Waals surface area contributed by atoms with Crippen LogP contribution < -0.4 is 10.1 Å². The molecule has 2 rings (SSSR count). The van der Waals surface area contributed by atoms with Crippen molar-refractivity contribution in [2.75, 3.05) is 11.9 Å². The number of carbonyl (C=O) groups is 1. The van der Waals surface area contributed by atoms with Crippen LogP contribution in [-0.4, -0.2) is 12.5 Å². The topological polar surface area (TPSA) is 38.3 Å². The molecule has 0 heterocycles. The molecule has 2 aromatic carbocycles. The first-order valence-corrected chi connectivity index (χ1v) is 6.93. The van der Waals surface area contributed by atoms with Gasteiger partial charge in [0.2, 0.25) is 0 Å². The number of benzene rings is 2. The van der Waals surface area contributed by atoms with Gasteiger partial charge in [-0.1, -0.05) is 12.1 Å². The van der Waals surface area contributed by atoms with Crippen LogP contribution in [0.15, 0.2) is 42.5 Å². The molecule has 0 bridgehead atoms. The van der Waals surface area contributed by atoms with E-state index in [0.29, 0.717) is 12.1 Å². The van der Waals surface area contributed by atoms with Gasteiger partial charge in [-0.25, -0.2) is 4.39 Å². The first-order chi connectivity index (χ1) is 12.0. The molecule has 0 aliphatic heterocycles. The molecule has 0 fully saturated rings. The zero-order chi connectivity index (χ0) is 19.5. The molecule has 3 nitrogen and oxygen atoms in total. The summed E-state index contributed by atoms with van der Waals surface area (Å²) in [7, 11) is 0. The molecule has 26 heavy (non-hydrogen) atoms. The second kappa shape index (κ2) is 7.22. The number of amides is 1. The highest BCUT2D eigenvalue weighted by Gasteiger charge is 2.37. The lowest BCUT2D eigenvalue weighted by Crippen LogP contribution is -2.21. The van der Waals surface area contributed by atoms with Gasteiger partial charge in [-0.3, -0.25) is 4.79 Å². The molecule has 2 aromatic rings. The van der Waals surface area contributed by atoms with Crippen LogP contribution in [0.5, 0.6) is 5.75 Å². The van der Waals surface area contributed by atoms with E-state index in [-0.39, 0.29) is 11.8 Å². The van der Waals surface area contributed by atoms with Crippen molar-refractivity contribution < 1.29 is 40.3 Å². The Hall–Kier alpha value is -2.78.